The molecule has 1 aromatic carbocycles. The summed E-state index contributed by atoms with van der Waals surface area (Å²) >= 11 is 0. The van der Waals surface area contributed by atoms with E-state index in [0.717, 1.165) is 5.56 Å². The van der Waals surface area contributed by atoms with Crippen LogP contribution in [0, 0.1) is 6.92 Å². The third-order valence-electron chi connectivity index (χ3n) is 2.95. The highest BCUT2D eigenvalue weighted by Gasteiger charge is 2.18. The summed E-state index contributed by atoms with van der Waals surface area (Å²) in [6.07, 6.45) is 0. The molecule has 6 nitrogen and oxygen atoms in total. The molecule has 122 valence electrons. The first-order valence-corrected chi connectivity index (χ1v) is 7.28. The summed E-state index contributed by atoms with van der Waals surface area (Å²) in [7, 11) is 0. The van der Waals surface area contributed by atoms with E-state index >= 15 is 0 Å². The standard InChI is InChI=1S/C16H23NO5/c1-4-21-15(19)10-17(11-16(20)22-5-2)9-13-8-12(3)6-7-14(13)18/h6-8,18H,4-5,9-11H2,1-3H3. The van der Waals surface area contributed by atoms with Crippen molar-refractivity contribution in [3.63, 3.8) is 0 Å². The summed E-state index contributed by atoms with van der Waals surface area (Å²) in [5, 5.41) is 9.90. The van der Waals surface area contributed by atoms with E-state index < -0.39 is 11.9 Å². The van der Waals surface area contributed by atoms with Crippen LogP contribution in [0.15, 0.2) is 18.2 Å². The number of carbonyl (C=O) groups excluding carboxylic acids is 2. The molecule has 0 bridgehead atoms. The number of hydrogen-bond donors (Lipinski definition) is 1. The van der Waals surface area contributed by atoms with Gasteiger partial charge in [-0.1, -0.05) is 17.7 Å². The third-order valence-corrected chi connectivity index (χ3v) is 2.95. The van der Waals surface area contributed by atoms with E-state index in [4.69, 9.17) is 9.47 Å². The maximum Gasteiger partial charge on any atom is 0.320 e. The van der Waals surface area contributed by atoms with Crippen molar-refractivity contribution in [3.05, 3.63) is 29.3 Å². The second kappa shape index (κ2) is 9.04. The molecule has 0 atom stereocenters. The highest BCUT2D eigenvalue weighted by atomic mass is 16.5. The normalized spacial score (nSPS) is 10.5. The van der Waals surface area contributed by atoms with E-state index in [1.807, 2.05) is 13.0 Å². The van der Waals surface area contributed by atoms with Crippen LogP contribution in [-0.4, -0.2) is 48.2 Å². The molecule has 1 N–H and O–H groups in total. The number of nitrogens with zero attached hydrogens (tertiary/aromatic N) is 1. The van der Waals surface area contributed by atoms with Gasteiger partial charge in [-0.25, -0.2) is 0 Å². The van der Waals surface area contributed by atoms with Crippen LogP contribution < -0.4 is 0 Å². The van der Waals surface area contributed by atoms with Crippen molar-refractivity contribution in [3.8, 4) is 5.75 Å². The average Bonchev–Trinajstić information content (AvgIpc) is 2.43. The molecule has 1 aromatic rings. The number of aryl methyl sites for hydroxylation is 1. The van der Waals surface area contributed by atoms with Crippen LogP contribution in [-0.2, 0) is 25.6 Å². The molecule has 0 saturated heterocycles. The molecule has 0 saturated carbocycles. The van der Waals surface area contributed by atoms with Crippen molar-refractivity contribution in [2.75, 3.05) is 26.3 Å². The fraction of sp³-hybridized carbons (Fsp3) is 0.500. The zero-order valence-electron chi connectivity index (χ0n) is 13.3. The lowest BCUT2D eigenvalue weighted by Gasteiger charge is -2.21. The van der Waals surface area contributed by atoms with Crippen molar-refractivity contribution < 1.29 is 24.2 Å². The van der Waals surface area contributed by atoms with Gasteiger partial charge in [-0.05, 0) is 26.8 Å². The number of benzene rings is 1. The Bertz CT molecular complexity index is 495. The molecule has 0 unspecified atom stereocenters. The summed E-state index contributed by atoms with van der Waals surface area (Å²) in [6, 6.07) is 5.20. The topological polar surface area (TPSA) is 76.1 Å². The van der Waals surface area contributed by atoms with Crippen LogP contribution in [0.1, 0.15) is 25.0 Å². The Morgan fingerprint density at radius 3 is 2.14 bits per heavy atom. The largest absolute Gasteiger partial charge is 0.508 e. The van der Waals surface area contributed by atoms with Gasteiger partial charge in [0.05, 0.1) is 26.3 Å². The molecular weight excluding hydrogens is 286 g/mol. The van der Waals surface area contributed by atoms with E-state index in [9.17, 15) is 14.7 Å². The van der Waals surface area contributed by atoms with E-state index in [1.165, 1.54) is 0 Å². The lowest BCUT2D eigenvalue weighted by Crippen LogP contribution is -2.35. The number of esters is 2. The van der Waals surface area contributed by atoms with Gasteiger partial charge in [-0.2, -0.15) is 0 Å². The maximum absolute atomic E-state index is 11.7. The lowest BCUT2D eigenvalue weighted by molar-refractivity contribution is -0.148. The van der Waals surface area contributed by atoms with Crippen molar-refractivity contribution in [1.29, 1.82) is 0 Å². The molecule has 1 rings (SSSR count). The molecule has 0 spiro atoms. The van der Waals surface area contributed by atoms with Crippen LogP contribution in [0.25, 0.3) is 0 Å². The number of ether oxygens (including phenoxy) is 2. The monoisotopic (exact) mass is 309 g/mol. The molecule has 0 aliphatic carbocycles. The Morgan fingerprint density at radius 2 is 1.64 bits per heavy atom. The van der Waals surface area contributed by atoms with Crippen LogP contribution in [0.3, 0.4) is 0 Å². The number of rotatable bonds is 8. The second-order valence-electron chi connectivity index (χ2n) is 4.89. The second-order valence-corrected chi connectivity index (χ2v) is 4.89. The molecule has 0 amide bonds. The Hall–Kier alpha value is -2.08. The quantitative estimate of drug-likeness (QED) is 0.736. The summed E-state index contributed by atoms with van der Waals surface area (Å²) < 4.78 is 9.82. The van der Waals surface area contributed by atoms with Gasteiger partial charge in [0, 0.05) is 12.1 Å². The first-order chi connectivity index (χ1) is 10.5. The fourth-order valence-corrected chi connectivity index (χ4v) is 2.03. The fourth-order valence-electron chi connectivity index (χ4n) is 2.03. The van der Waals surface area contributed by atoms with Crippen LogP contribution >= 0.6 is 0 Å². The van der Waals surface area contributed by atoms with Crippen LogP contribution in [0.4, 0.5) is 0 Å². The lowest BCUT2D eigenvalue weighted by atomic mass is 10.1. The van der Waals surface area contributed by atoms with E-state index in [0.29, 0.717) is 5.56 Å². The number of carbonyl (C=O) groups is 2. The zero-order chi connectivity index (χ0) is 16.5. The summed E-state index contributed by atoms with van der Waals surface area (Å²) in [6.45, 7) is 6.08. The predicted octanol–water partition coefficient (Wildman–Crippen LogP) is 1.63. The average molecular weight is 309 g/mol. The third kappa shape index (κ3) is 6.13. The van der Waals surface area contributed by atoms with Gasteiger partial charge < -0.3 is 14.6 Å². The predicted molar refractivity (Wildman–Crippen MR) is 81.4 cm³/mol. The molecule has 0 aliphatic rings. The Labute approximate surface area is 130 Å². The van der Waals surface area contributed by atoms with E-state index in [1.54, 1.807) is 30.9 Å². The van der Waals surface area contributed by atoms with Crippen molar-refractivity contribution in [2.45, 2.75) is 27.3 Å². The number of phenolic OH excluding ortho intramolecular Hbond substituents is 1. The van der Waals surface area contributed by atoms with Gasteiger partial charge in [0.1, 0.15) is 5.75 Å². The smallest absolute Gasteiger partial charge is 0.320 e. The van der Waals surface area contributed by atoms with Crippen molar-refractivity contribution in [2.24, 2.45) is 0 Å². The highest BCUT2D eigenvalue weighted by molar-refractivity contribution is 5.75. The van der Waals surface area contributed by atoms with Gasteiger partial charge in [0.25, 0.3) is 0 Å². The molecule has 6 heteroatoms. The minimum Gasteiger partial charge on any atom is -0.508 e. The molecule has 0 heterocycles. The van der Waals surface area contributed by atoms with Crippen molar-refractivity contribution >= 4 is 11.9 Å². The first kappa shape index (κ1) is 18.0. The van der Waals surface area contributed by atoms with Crippen LogP contribution in [0.5, 0.6) is 5.75 Å². The minimum atomic E-state index is -0.418. The molecule has 0 radical (unpaired) electrons. The number of hydrogen-bond acceptors (Lipinski definition) is 6. The minimum absolute atomic E-state index is 0.0416. The number of aromatic hydroxyl groups is 1. The zero-order valence-corrected chi connectivity index (χ0v) is 13.3. The molecular formula is C16H23NO5. The van der Waals surface area contributed by atoms with Gasteiger partial charge in [0.2, 0.25) is 0 Å². The van der Waals surface area contributed by atoms with E-state index in [-0.39, 0.29) is 38.6 Å². The summed E-state index contributed by atoms with van der Waals surface area (Å²) in [4.78, 5) is 24.9. The summed E-state index contributed by atoms with van der Waals surface area (Å²) in [5.41, 5.74) is 1.63. The summed E-state index contributed by atoms with van der Waals surface area (Å²) in [5.74, 6) is -0.707. The van der Waals surface area contributed by atoms with Gasteiger partial charge in [-0.15, -0.1) is 0 Å². The molecule has 0 aromatic heterocycles. The van der Waals surface area contributed by atoms with Crippen LogP contribution in [0.2, 0.25) is 0 Å². The number of phenols is 1. The molecule has 0 aliphatic heterocycles. The maximum atomic E-state index is 11.7. The SMILES string of the molecule is CCOC(=O)CN(CC(=O)OCC)Cc1cc(C)ccc1O. The Kier molecular flexibility index (Phi) is 7.39. The van der Waals surface area contributed by atoms with Gasteiger partial charge in [0.15, 0.2) is 0 Å². The molecule has 0 fully saturated rings. The molecule has 22 heavy (non-hydrogen) atoms. The Morgan fingerprint density at radius 1 is 1.09 bits per heavy atom. The van der Waals surface area contributed by atoms with Crippen molar-refractivity contribution in [1.82, 2.24) is 4.90 Å². The first-order valence-electron chi connectivity index (χ1n) is 7.28. The highest BCUT2D eigenvalue weighted by Crippen LogP contribution is 2.20. The van der Waals surface area contributed by atoms with Gasteiger partial charge >= 0.3 is 11.9 Å². The van der Waals surface area contributed by atoms with Gasteiger partial charge in [-0.3, -0.25) is 14.5 Å². The Balaban J connectivity index is 2.81. The van der Waals surface area contributed by atoms with E-state index in [2.05, 4.69) is 0 Å².